The molecule has 1 unspecified atom stereocenters. The molecule has 1 aliphatic rings. The molecule has 1 aromatic rings. The number of methoxy groups -OCH3 is 1. The second-order valence-electron chi connectivity index (χ2n) is 4.06. The van der Waals surface area contributed by atoms with Crippen molar-refractivity contribution in [3.8, 4) is 5.06 Å². The van der Waals surface area contributed by atoms with Crippen molar-refractivity contribution in [2.45, 2.75) is 18.6 Å². The molecule has 0 saturated carbocycles. The van der Waals surface area contributed by atoms with E-state index in [2.05, 4.69) is 5.32 Å². The fourth-order valence-corrected chi connectivity index (χ4v) is 2.51. The number of nitrogens with one attached hydrogen (secondary N) is 1. The van der Waals surface area contributed by atoms with Crippen molar-refractivity contribution in [3.05, 3.63) is 17.0 Å². The third kappa shape index (κ3) is 2.95. The summed E-state index contributed by atoms with van der Waals surface area (Å²) < 4.78 is 10.3. The van der Waals surface area contributed by atoms with E-state index < -0.39 is 5.60 Å². The van der Waals surface area contributed by atoms with Gasteiger partial charge in [0.05, 0.1) is 13.7 Å². The predicted octanol–water partition coefficient (Wildman–Crippen LogP) is 0.998. The van der Waals surface area contributed by atoms with Gasteiger partial charge in [-0.3, -0.25) is 0 Å². The molecule has 90 valence electrons. The minimum Gasteiger partial charge on any atom is -0.487 e. The maximum atomic E-state index is 10.0. The van der Waals surface area contributed by atoms with Crippen LogP contribution in [0.2, 0.25) is 0 Å². The minimum absolute atomic E-state index is 0.438. The summed E-state index contributed by atoms with van der Waals surface area (Å²) in [6.07, 6.45) is 0.716. The molecule has 1 saturated heterocycles. The summed E-state index contributed by atoms with van der Waals surface area (Å²) in [5, 5.41) is 14.2. The predicted molar refractivity (Wildman–Crippen MR) is 63.0 cm³/mol. The topological polar surface area (TPSA) is 50.7 Å². The highest BCUT2D eigenvalue weighted by Crippen LogP contribution is 2.24. The molecule has 1 atom stereocenters. The van der Waals surface area contributed by atoms with Gasteiger partial charge in [0.15, 0.2) is 5.06 Å². The molecule has 0 bridgehead atoms. The largest absolute Gasteiger partial charge is 0.487 e. The van der Waals surface area contributed by atoms with Gasteiger partial charge in [-0.2, -0.15) is 0 Å². The van der Waals surface area contributed by atoms with Gasteiger partial charge in [-0.25, -0.2) is 0 Å². The number of rotatable bonds is 5. The van der Waals surface area contributed by atoms with Gasteiger partial charge in [0.1, 0.15) is 5.60 Å². The first-order valence-electron chi connectivity index (χ1n) is 5.35. The summed E-state index contributed by atoms with van der Waals surface area (Å²) in [6, 6.07) is 3.99. The van der Waals surface area contributed by atoms with Crippen LogP contribution in [0.4, 0.5) is 0 Å². The molecule has 0 spiro atoms. The van der Waals surface area contributed by atoms with Gasteiger partial charge >= 0.3 is 0 Å². The van der Waals surface area contributed by atoms with Crippen molar-refractivity contribution >= 4 is 11.3 Å². The fraction of sp³-hybridized carbons (Fsp3) is 0.636. The molecule has 1 fully saturated rings. The van der Waals surface area contributed by atoms with Crippen LogP contribution in [-0.2, 0) is 11.3 Å². The second kappa shape index (κ2) is 5.14. The molecule has 2 heterocycles. The Hall–Kier alpha value is -0.620. The van der Waals surface area contributed by atoms with Crippen molar-refractivity contribution in [2.75, 3.05) is 26.9 Å². The summed E-state index contributed by atoms with van der Waals surface area (Å²) in [5.41, 5.74) is -0.679. The third-order valence-corrected chi connectivity index (χ3v) is 3.72. The van der Waals surface area contributed by atoms with Gasteiger partial charge in [0.2, 0.25) is 0 Å². The van der Waals surface area contributed by atoms with E-state index in [-0.39, 0.29) is 0 Å². The van der Waals surface area contributed by atoms with Crippen LogP contribution in [0.25, 0.3) is 0 Å². The highest BCUT2D eigenvalue weighted by Gasteiger charge is 2.31. The Balaban J connectivity index is 1.75. The van der Waals surface area contributed by atoms with Crippen LogP contribution in [0.5, 0.6) is 5.06 Å². The summed E-state index contributed by atoms with van der Waals surface area (Å²) in [4.78, 5) is 1.21. The Morgan fingerprint density at radius 2 is 2.50 bits per heavy atom. The van der Waals surface area contributed by atoms with Crippen LogP contribution in [0.1, 0.15) is 11.3 Å². The quantitative estimate of drug-likeness (QED) is 0.810. The van der Waals surface area contributed by atoms with Gasteiger partial charge in [0.25, 0.3) is 0 Å². The lowest BCUT2D eigenvalue weighted by Gasteiger charge is -2.20. The average Bonchev–Trinajstić information content (AvgIpc) is 2.88. The van der Waals surface area contributed by atoms with Gasteiger partial charge in [-0.15, -0.1) is 11.3 Å². The first-order chi connectivity index (χ1) is 7.72. The van der Waals surface area contributed by atoms with E-state index in [4.69, 9.17) is 9.47 Å². The lowest BCUT2D eigenvalue weighted by Crippen LogP contribution is -2.40. The van der Waals surface area contributed by atoms with E-state index in [1.807, 2.05) is 12.1 Å². The highest BCUT2D eigenvalue weighted by molar-refractivity contribution is 7.13. The maximum absolute atomic E-state index is 10.0. The van der Waals surface area contributed by atoms with E-state index in [9.17, 15) is 5.11 Å². The number of hydrogen-bond acceptors (Lipinski definition) is 5. The lowest BCUT2D eigenvalue weighted by molar-refractivity contribution is 0.0269. The summed E-state index contributed by atoms with van der Waals surface area (Å²) in [7, 11) is 1.67. The second-order valence-corrected chi connectivity index (χ2v) is 5.19. The number of hydrogen-bond donors (Lipinski definition) is 2. The van der Waals surface area contributed by atoms with Crippen molar-refractivity contribution < 1.29 is 14.6 Å². The Bertz CT molecular complexity index is 334. The molecule has 0 radical (unpaired) electrons. The summed E-state index contributed by atoms with van der Waals surface area (Å²) in [5.74, 6) is 0. The van der Waals surface area contributed by atoms with Crippen molar-refractivity contribution in [1.29, 1.82) is 0 Å². The van der Waals surface area contributed by atoms with Gasteiger partial charge in [-0.1, -0.05) is 0 Å². The Morgan fingerprint density at radius 1 is 1.62 bits per heavy atom. The Labute approximate surface area is 99.2 Å². The molecule has 0 aliphatic carbocycles. The Morgan fingerprint density at radius 3 is 3.12 bits per heavy atom. The standard InChI is InChI=1S/C11H17NO3S/c1-14-10-3-2-9(16-10)6-12-7-11(13)4-5-15-8-11/h2-3,12-13H,4-8H2,1H3. The SMILES string of the molecule is COc1ccc(CNCC2(O)CCOC2)s1. The minimum atomic E-state index is -0.679. The van der Waals surface area contributed by atoms with Crippen LogP contribution in [0.3, 0.4) is 0 Å². The molecule has 0 amide bonds. The Kier molecular flexibility index (Phi) is 3.81. The highest BCUT2D eigenvalue weighted by atomic mass is 32.1. The molecular weight excluding hydrogens is 226 g/mol. The van der Waals surface area contributed by atoms with Gasteiger partial charge in [0, 0.05) is 31.0 Å². The number of ether oxygens (including phenoxy) is 2. The zero-order valence-corrected chi connectivity index (χ0v) is 10.2. The zero-order chi connectivity index (χ0) is 11.4. The van der Waals surface area contributed by atoms with Crippen LogP contribution in [0.15, 0.2) is 12.1 Å². The van der Waals surface area contributed by atoms with Crippen LogP contribution < -0.4 is 10.1 Å². The van der Waals surface area contributed by atoms with Crippen LogP contribution in [-0.4, -0.2) is 37.6 Å². The number of thiophene rings is 1. The van der Waals surface area contributed by atoms with E-state index in [0.717, 1.165) is 11.6 Å². The smallest absolute Gasteiger partial charge is 0.173 e. The monoisotopic (exact) mass is 243 g/mol. The van der Waals surface area contributed by atoms with Crippen molar-refractivity contribution in [1.82, 2.24) is 5.32 Å². The van der Waals surface area contributed by atoms with Gasteiger partial charge < -0.3 is 19.9 Å². The molecule has 16 heavy (non-hydrogen) atoms. The molecule has 2 N–H and O–H groups in total. The van der Waals surface area contributed by atoms with Crippen molar-refractivity contribution in [2.24, 2.45) is 0 Å². The average molecular weight is 243 g/mol. The number of aliphatic hydroxyl groups is 1. The normalized spacial score (nSPS) is 24.9. The first-order valence-corrected chi connectivity index (χ1v) is 6.17. The summed E-state index contributed by atoms with van der Waals surface area (Å²) >= 11 is 1.62. The molecule has 4 nitrogen and oxygen atoms in total. The lowest BCUT2D eigenvalue weighted by atomic mass is 10.0. The third-order valence-electron chi connectivity index (χ3n) is 2.67. The van der Waals surface area contributed by atoms with Crippen molar-refractivity contribution in [3.63, 3.8) is 0 Å². The molecule has 1 aromatic heterocycles. The van der Waals surface area contributed by atoms with Gasteiger partial charge in [-0.05, 0) is 12.1 Å². The molecular formula is C11H17NO3S. The summed E-state index contributed by atoms with van der Waals surface area (Å²) in [6.45, 7) is 2.43. The van der Waals surface area contributed by atoms with E-state index in [0.29, 0.717) is 26.2 Å². The molecule has 1 aliphatic heterocycles. The molecule has 2 rings (SSSR count). The molecule has 5 heteroatoms. The van der Waals surface area contributed by atoms with E-state index in [1.54, 1.807) is 18.4 Å². The van der Waals surface area contributed by atoms with E-state index in [1.165, 1.54) is 4.88 Å². The van der Waals surface area contributed by atoms with E-state index >= 15 is 0 Å². The maximum Gasteiger partial charge on any atom is 0.173 e. The zero-order valence-electron chi connectivity index (χ0n) is 9.36. The first kappa shape index (κ1) is 11.9. The fourth-order valence-electron chi connectivity index (χ4n) is 1.72. The van der Waals surface area contributed by atoms with Crippen LogP contribution in [0, 0.1) is 0 Å². The molecule has 0 aromatic carbocycles. The van der Waals surface area contributed by atoms with Crippen LogP contribution >= 0.6 is 11.3 Å².